The molecule has 1 aliphatic heterocycles. The highest BCUT2D eigenvalue weighted by Crippen LogP contribution is 2.26. The fraction of sp³-hybridized carbons (Fsp3) is 0.529. The lowest BCUT2D eigenvalue weighted by Gasteiger charge is -2.10. The number of benzene rings is 1. The first-order valence-corrected chi connectivity index (χ1v) is 9.60. The van der Waals surface area contributed by atoms with E-state index in [9.17, 15) is 14.2 Å². The number of hydrogen-bond donors (Lipinski definition) is 2. The van der Waals surface area contributed by atoms with Crippen LogP contribution in [0.5, 0.6) is 0 Å². The predicted octanol–water partition coefficient (Wildman–Crippen LogP) is 1.46. The Hall–Kier alpha value is -1.70. The molecule has 2 rings (SSSR count). The first-order chi connectivity index (χ1) is 12.5. The van der Waals surface area contributed by atoms with Crippen LogP contribution in [0.25, 0.3) is 0 Å². The molecule has 9 heteroatoms. The molecule has 142 valence electrons. The molecule has 3 N–H and O–H groups in total. The number of carbonyl (C=O) groups is 2. The molecule has 0 radical (unpaired) electrons. The van der Waals surface area contributed by atoms with Gasteiger partial charge in [-0.25, -0.2) is 9.59 Å². The van der Waals surface area contributed by atoms with E-state index in [1.165, 1.54) is 6.92 Å². The van der Waals surface area contributed by atoms with Gasteiger partial charge in [-0.05, 0) is 38.3 Å². The molecule has 1 aliphatic rings. The number of hydrogen-bond acceptors (Lipinski definition) is 8. The summed E-state index contributed by atoms with van der Waals surface area (Å²) in [5.74, 6) is -1.55. The number of ether oxygens (including phenoxy) is 1. The van der Waals surface area contributed by atoms with Crippen molar-refractivity contribution in [2.45, 2.75) is 44.4 Å². The zero-order chi connectivity index (χ0) is 18.9. The van der Waals surface area contributed by atoms with Gasteiger partial charge in [-0.3, -0.25) is 0 Å². The second-order valence-corrected chi connectivity index (χ2v) is 7.02. The summed E-state index contributed by atoms with van der Waals surface area (Å²) in [7, 11) is -2.55. The number of nitrogens with one attached hydrogen (secondary N) is 1. The molecule has 0 bridgehead atoms. The topological polar surface area (TPSA) is 117 Å². The zero-order valence-corrected chi connectivity index (χ0v) is 15.5. The highest BCUT2D eigenvalue weighted by molar-refractivity contribution is 7.33. The van der Waals surface area contributed by atoms with Crippen molar-refractivity contribution in [3.05, 3.63) is 35.9 Å². The van der Waals surface area contributed by atoms with Gasteiger partial charge in [0.05, 0.1) is 0 Å². The zero-order valence-electron chi connectivity index (χ0n) is 14.6. The molecule has 1 fully saturated rings. The Balaban J connectivity index is 1.67. The average molecular weight is 383 g/mol. The minimum atomic E-state index is -2.55. The largest absolute Gasteiger partial charge is 0.698 e. The second kappa shape index (κ2) is 10.4. The van der Waals surface area contributed by atoms with Crippen molar-refractivity contribution >= 4 is 20.2 Å². The van der Waals surface area contributed by atoms with Gasteiger partial charge in [-0.15, -0.1) is 9.05 Å². The average Bonchev–Trinajstić information content (AvgIpc) is 3.15. The third-order valence-corrected chi connectivity index (χ3v) is 4.71. The van der Waals surface area contributed by atoms with Gasteiger partial charge in [-0.2, -0.15) is 0 Å². The monoisotopic (exact) mass is 383 g/mol. The van der Waals surface area contributed by atoms with Crippen molar-refractivity contribution in [1.82, 2.24) is 5.32 Å². The lowest BCUT2D eigenvalue weighted by molar-refractivity contribution is -0.165. The number of esters is 2. The lowest BCUT2D eigenvalue weighted by Crippen LogP contribution is -2.36. The van der Waals surface area contributed by atoms with Crippen molar-refractivity contribution < 1.29 is 27.9 Å². The predicted molar refractivity (Wildman–Crippen MR) is 94.4 cm³/mol. The van der Waals surface area contributed by atoms with Crippen LogP contribution in [0.3, 0.4) is 0 Å². The van der Waals surface area contributed by atoms with Gasteiger partial charge in [0.2, 0.25) is 6.10 Å². The minimum absolute atomic E-state index is 0.0107. The molecule has 0 aromatic heterocycles. The standard InChI is InChI=1S/C17H24N2O6P/c1-12(16(20)24-17(21)15-8-5-9-19-15)25-26(22)23-11-14(18)10-13-6-3-2-4-7-13/h2-4,6-7,12,14-15,19H,5,8-11,18H2,1H3/q+1/t12?,14?,15-/m0/s1. The van der Waals surface area contributed by atoms with Gasteiger partial charge < -0.3 is 15.8 Å². The quantitative estimate of drug-likeness (QED) is 0.374. The summed E-state index contributed by atoms with van der Waals surface area (Å²) in [5.41, 5.74) is 6.97. The van der Waals surface area contributed by atoms with E-state index in [2.05, 4.69) is 5.32 Å². The molecular weight excluding hydrogens is 359 g/mol. The van der Waals surface area contributed by atoms with Crippen LogP contribution >= 0.6 is 8.25 Å². The Bertz CT molecular complexity index is 621. The Kier molecular flexibility index (Phi) is 8.28. The summed E-state index contributed by atoms with van der Waals surface area (Å²) < 4.78 is 26.5. The third-order valence-electron chi connectivity index (χ3n) is 3.86. The lowest BCUT2D eigenvalue weighted by atomic mass is 10.1. The maximum absolute atomic E-state index is 11.8. The van der Waals surface area contributed by atoms with Crippen molar-refractivity contribution in [3.63, 3.8) is 0 Å². The highest BCUT2D eigenvalue weighted by Gasteiger charge is 2.34. The Morgan fingerprint density at radius 1 is 1.35 bits per heavy atom. The van der Waals surface area contributed by atoms with Gasteiger partial charge in [0.25, 0.3) is 0 Å². The normalized spacial score (nSPS) is 19.6. The molecule has 4 atom stereocenters. The fourth-order valence-corrected chi connectivity index (χ4v) is 3.19. The third kappa shape index (κ3) is 6.90. The van der Waals surface area contributed by atoms with E-state index in [4.69, 9.17) is 19.5 Å². The van der Waals surface area contributed by atoms with Crippen LogP contribution in [0.4, 0.5) is 0 Å². The van der Waals surface area contributed by atoms with Gasteiger partial charge in [0, 0.05) is 10.6 Å². The molecule has 1 saturated heterocycles. The van der Waals surface area contributed by atoms with Crippen LogP contribution < -0.4 is 11.1 Å². The summed E-state index contributed by atoms with van der Waals surface area (Å²) in [4.78, 5) is 23.6. The molecule has 1 aromatic carbocycles. The molecular formula is C17H24N2O6P+. The molecule has 0 aliphatic carbocycles. The van der Waals surface area contributed by atoms with Gasteiger partial charge in [-0.1, -0.05) is 30.3 Å². The summed E-state index contributed by atoms with van der Waals surface area (Å²) in [5, 5.41) is 2.93. The van der Waals surface area contributed by atoms with E-state index in [0.717, 1.165) is 12.0 Å². The number of nitrogens with two attached hydrogens (primary N) is 1. The Morgan fingerprint density at radius 2 is 2.08 bits per heavy atom. The van der Waals surface area contributed by atoms with Crippen molar-refractivity contribution in [2.24, 2.45) is 5.73 Å². The van der Waals surface area contributed by atoms with Crippen LogP contribution in [0.1, 0.15) is 25.3 Å². The summed E-state index contributed by atoms with van der Waals surface area (Å²) in [6.45, 7) is 2.07. The fourth-order valence-electron chi connectivity index (χ4n) is 2.47. The number of carbonyl (C=O) groups excluding carboxylic acids is 2. The van der Waals surface area contributed by atoms with Crippen LogP contribution in [0.15, 0.2) is 30.3 Å². The molecule has 0 amide bonds. The van der Waals surface area contributed by atoms with Crippen LogP contribution in [0, 0.1) is 0 Å². The Morgan fingerprint density at radius 3 is 2.73 bits per heavy atom. The van der Waals surface area contributed by atoms with E-state index in [-0.39, 0.29) is 12.6 Å². The maximum atomic E-state index is 11.8. The summed E-state index contributed by atoms with van der Waals surface area (Å²) in [6, 6.07) is 8.74. The van der Waals surface area contributed by atoms with E-state index < -0.39 is 32.3 Å². The SMILES string of the molecule is CC(O[P+](=O)OCC(N)Cc1ccccc1)C(=O)OC(=O)[C@@H]1CCCN1. The van der Waals surface area contributed by atoms with Crippen LogP contribution in [-0.4, -0.2) is 43.3 Å². The van der Waals surface area contributed by atoms with Crippen molar-refractivity contribution in [2.75, 3.05) is 13.2 Å². The molecule has 26 heavy (non-hydrogen) atoms. The van der Waals surface area contributed by atoms with Gasteiger partial charge in [0.1, 0.15) is 12.6 Å². The van der Waals surface area contributed by atoms with Gasteiger partial charge >= 0.3 is 20.2 Å². The smallest absolute Gasteiger partial charge is 0.390 e. The molecule has 1 aromatic rings. The summed E-state index contributed by atoms with van der Waals surface area (Å²) in [6.07, 6.45) is 0.847. The molecule has 8 nitrogen and oxygen atoms in total. The number of rotatable bonds is 9. The maximum Gasteiger partial charge on any atom is 0.698 e. The van der Waals surface area contributed by atoms with Crippen molar-refractivity contribution in [3.8, 4) is 0 Å². The second-order valence-electron chi connectivity index (χ2n) is 6.11. The first-order valence-electron chi connectivity index (χ1n) is 8.51. The van der Waals surface area contributed by atoms with Crippen LogP contribution in [-0.2, 0) is 34.4 Å². The van der Waals surface area contributed by atoms with Crippen molar-refractivity contribution in [1.29, 1.82) is 0 Å². The van der Waals surface area contributed by atoms with E-state index in [1.807, 2.05) is 30.3 Å². The Labute approximate surface area is 153 Å². The summed E-state index contributed by atoms with van der Waals surface area (Å²) >= 11 is 0. The molecule has 0 saturated carbocycles. The highest BCUT2D eigenvalue weighted by atomic mass is 31.1. The molecule has 1 heterocycles. The molecule has 0 spiro atoms. The minimum Gasteiger partial charge on any atom is -0.390 e. The van der Waals surface area contributed by atoms with Gasteiger partial charge in [0.15, 0.2) is 0 Å². The van der Waals surface area contributed by atoms with E-state index in [0.29, 0.717) is 19.4 Å². The molecule has 3 unspecified atom stereocenters. The van der Waals surface area contributed by atoms with E-state index in [1.54, 1.807) is 0 Å². The van der Waals surface area contributed by atoms with E-state index >= 15 is 0 Å². The van der Waals surface area contributed by atoms with Crippen LogP contribution in [0.2, 0.25) is 0 Å². The first kappa shape index (κ1) is 20.6.